The van der Waals surface area contributed by atoms with Crippen LogP contribution in [0, 0.1) is 11.3 Å². The minimum absolute atomic E-state index is 0.0240. The quantitative estimate of drug-likeness (QED) is 0.767. The molecule has 0 spiro atoms. The van der Waals surface area contributed by atoms with Crippen molar-refractivity contribution in [3.05, 3.63) is 0 Å². The summed E-state index contributed by atoms with van der Waals surface area (Å²) in [5.74, 6) is -0.00790. The Hall–Kier alpha value is -1.11. The Bertz CT molecular complexity index is 556. The molecule has 6 nitrogen and oxygen atoms in total. The average Bonchev–Trinajstić information content (AvgIpc) is 2.77. The van der Waals surface area contributed by atoms with Crippen LogP contribution in [0.25, 0.3) is 0 Å². The molecule has 0 aromatic carbocycles. The molecule has 0 bridgehead atoms. The molecule has 0 saturated carbocycles. The molecule has 2 heterocycles. The third-order valence-corrected chi connectivity index (χ3v) is 6.38. The molecule has 22 heavy (non-hydrogen) atoms. The highest BCUT2D eigenvalue weighted by Crippen LogP contribution is 2.25. The Morgan fingerprint density at radius 3 is 2.45 bits per heavy atom. The summed E-state index contributed by atoms with van der Waals surface area (Å²) in [5.41, 5.74) is -1.16. The van der Waals surface area contributed by atoms with Crippen LogP contribution in [-0.2, 0) is 19.4 Å². The summed E-state index contributed by atoms with van der Waals surface area (Å²) in [6, 6.07) is -0.371. The predicted molar refractivity (Wildman–Crippen MR) is 84.0 cm³/mol. The van der Waals surface area contributed by atoms with Crippen molar-refractivity contribution in [3.8, 4) is 0 Å². The minimum atomic E-state index is -3.04. The first-order chi connectivity index (χ1) is 10.1. The second-order valence-corrected chi connectivity index (χ2v) is 9.43. The first kappa shape index (κ1) is 17.2. The van der Waals surface area contributed by atoms with E-state index in [2.05, 4.69) is 12.2 Å². The van der Waals surface area contributed by atoms with Crippen LogP contribution in [0.15, 0.2) is 0 Å². The van der Waals surface area contributed by atoms with Gasteiger partial charge in [0, 0.05) is 19.1 Å². The van der Waals surface area contributed by atoms with Crippen molar-refractivity contribution < 1.29 is 18.0 Å². The highest BCUT2D eigenvalue weighted by Gasteiger charge is 2.42. The SMILES string of the molecule is CC1CCCN(C(=O)C(C)(C)C(=O)NC2CCS(=O)(=O)C2)C1. The number of sulfone groups is 1. The number of nitrogens with zero attached hydrogens (tertiary/aromatic N) is 1. The first-order valence-corrected chi connectivity index (χ1v) is 9.75. The molecule has 2 aliphatic rings. The summed E-state index contributed by atoms with van der Waals surface area (Å²) < 4.78 is 22.9. The van der Waals surface area contributed by atoms with Gasteiger partial charge in [-0.25, -0.2) is 8.42 Å². The van der Waals surface area contributed by atoms with Crippen LogP contribution in [0.2, 0.25) is 0 Å². The second kappa shape index (κ2) is 6.18. The zero-order valence-electron chi connectivity index (χ0n) is 13.6. The van der Waals surface area contributed by atoms with Gasteiger partial charge in [-0.3, -0.25) is 9.59 Å². The maximum Gasteiger partial charge on any atom is 0.237 e. The molecular formula is C15H26N2O4S. The summed E-state index contributed by atoms with van der Waals surface area (Å²) in [5, 5.41) is 2.74. The lowest BCUT2D eigenvalue weighted by atomic mass is 9.88. The number of nitrogens with one attached hydrogen (secondary N) is 1. The van der Waals surface area contributed by atoms with Crippen LogP contribution in [-0.4, -0.2) is 55.8 Å². The summed E-state index contributed by atoms with van der Waals surface area (Å²) in [6.45, 7) is 6.72. The topological polar surface area (TPSA) is 83.6 Å². The zero-order chi connectivity index (χ0) is 16.5. The van der Waals surface area contributed by atoms with Crippen molar-refractivity contribution in [3.63, 3.8) is 0 Å². The number of carbonyl (C=O) groups is 2. The third-order valence-electron chi connectivity index (χ3n) is 4.61. The molecular weight excluding hydrogens is 304 g/mol. The van der Waals surface area contributed by atoms with E-state index >= 15 is 0 Å². The maximum absolute atomic E-state index is 12.7. The monoisotopic (exact) mass is 330 g/mol. The van der Waals surface area contributed by atoms with Crippen molar-refractivity contribution in [2.75, 3.05) is 24.6 Å². The molecule has 0 aromatic rings. The van der Waals surface area contributed by atoms with Crippen LogP contribution >= 0.6 is 0 Å². The van der Waals surface area contributed by atoms with E-state index in [1.54, 1.807) is 18.7 Å². The van der Waals surface area contributed by atoms with E-state index in [-0.39, 0.29) is 29.4 Å². The number of piperidine rings is 1. The predicted octanol–water partition coefficient (Wildman–Crippen LogP) is 0.574. The van der Waals surface area contributed by atoms with Gasteiger partial charge < -0.3 is 10.2 Å². The molecule has 2 fully saturated rings. The molecule has 0 aromatic heterocycles. The summed E-state index contributed by atoms with van der Waals surface area (Å²) in [7, 11) is -3.04. The highest BCUT2D eigenvalue weighted by molar-refractivity contribution is 7.91. The molecule has 2 saturated heterocycles. The molecule has 126 valence electrons. The molecule has 2 atom stereocenters. The van der Waals surface area contributed by atoms with Crippen molar-refractivity contribution >= 4 is 21.7 Å². The molecule has 2 unspecified atom stereocenters. The van der Waals surface area contributed by atoms with Crippen molar-refractivity contribution in [2.24, 2.45) is 11.3 Å². The Morgan fingerprint density at radius 2 is 1.91 bits per heavy atom. The first-order valence-electron chi connectivity index (χ1n) is 7.92. The van der Waals surface area contributed by atoms with Gasteiger partial charge in [0.2, 0.25) is 11.8 Å². The van der Waals surface area contributed by atoms with Gasteiger partial charge in [-0.15, -0.1) is 0 Å². The Morgan fingerprint density at radius 1 is 1.23 bits per heavy atom. The van der Waals surface area contributed by atoms with Gasteiger partial charge in [0.1, 0.15) is 5.41 Å². The van der Waals surface area contributed by atoms with Gasteiger partial charge in [0.25, 0.3) is 0 Å². The fourth-order valence-electron chi connectivity index (χ4n) is 3.14. The number of carbonyl (C=O) groups excluding carboxylic acids is 2. The number of likely N-dealkylation sites (tertiary alicyclic amines) is 1. The van der Waals surface area contributed by atoms with Crippen molar-refractivity contribution in [1.82, 2.24) is 10.2 Å². The fourth-order valence-corrected chi connectivity index (χ4v) is 4.81. The van der Waals surface area contributed by atoms with Gasteiger partial charge in [0.05, 0.1) is 11.5 Å². The third kappa shape index (κ3) is 3.80. The van der Waals surface area contributed by atoms with Gasteiger partial charge in [0.15, 0.2) is 9.84 Å². The fraction of sp³-hybridized carbons (Fsp3) is 0.867. The van der Waals surface area contributed by atoms with Gasteiger partial charge in [-0.1, -0.05) is 6.92 Å². The smallest absolute Gasteiger partial charge is 0.237 e. The molecule has 2 rings (SSSR count). The second-order valence-electron chi connectivity index (χ2n) is 7.20. The molecule has 2 aliphatic heterocycles. The van der Waals surface area contributed by atoms with E-state index in [4.69, 9.17) is 0 Å². The Labute approximate surface area is 132 Å². The van der Waals surface area contributed by atoms with Gasteiger partial charge >= 0.3 is 0 Å². The lowest BCUT2D eigenvalue weighted by Gasteiger charge is -2.36. The number of hydrogen-bond donors (Lipinski definition) is 1. The summed E-state index contributed by atoms with van der Waals surface area (Å²) in [4.78, 5) is 26.9. The van der Waals surface area contributed by atoms with Crippen LogP contribution in [0.3, 0.4) is 0 Å². The molecule has 0 aliphatic carbocycles. The standard InChI is InChI=1S/C15H26N2O4S/c1-11-5-4-7-17(9-11)14(19)15(2,3)13(18)16-12-6-8-22(20,21)10-12/h11-12H,4-10H2,1-3H3,(H,16,18). The zero-order valence-corrected chi connectivity index (χ0v) is 14.4. The molecule has 2 amide bonds. The van der Waals surface area contributed by atoms with Crippen LogP contribution in [0.1, 0.15) is 40.0 Å². The van der Waals surface area contributed by atoms with Crippen LogP contribution in [0.4, 0.5) is 0 Å². The van der Waals surface area contributed by atoms with Crippen LogP contribution in [0.5, 0.6) is 0 Å². The highest BCUT2D eigenvalue weighted by atomic mass is 32.2. The lowest BCUT2D eigenvalue weighted by molar-refractivity contribution is -0.150. The Balaban J connectivity index is 1.99. The van der Waals surface area contributed by atoms with Gasteiger partial charge in [-0.2, -0.15) is 0 Å². The number of amides is 2. The van der Waals surface area contributed by atoms with Crippen LogP contribution < -0.4 is 5.32 Å². The average molecular weight is 330 g/mol. The maximum atomic E-state index is 12.7. The molecule has 1 N–H and O–H groups in total. The van der Waals surface area contributed by atoms with Gasteiger partial charge in [-0.05, 0) is 39.0 Å². The van der Waals surface area contributed by atoms with E-state index in [1.807, 2.05) is 0 Å². The van der Waals surface area contributed by atoms with E-state index in [9.17, 15) is 18.0 Å². The number of rotatable bonds is 3. The largest absolute Gasteiger partial charge is 0.351 e. The minimum Gasteiger partial charge on any atom is -0.351 e. The molecule has 7 heteroatoms. The van der Waals surface area contributed by atoms with E-state index in [0.29, 0.717) is 25.4 Å². The molecule has 0 radical (unpaired) electrons. The normalized spacial score (nSPS) is 28.4. The summed E-state index contributed by atoms with van der Waals surface area (Å²) >= 11 is 0. The lowest BCUT2D eigenvalue weighted by Crippen LogP contribution is -2.53. The van der Waals surface area contributed by atoms with E-state index in [0.717, 1.165) is 12.8 Å². The van der Waals surface area contributed by atoms with Crippen molar-refractivity contribution in [2.45, 2.75) is 46.1 Å². The van der Waals surface area contributed by atoms with E-state index < -0.39 is 15.3 Å². The van der Waals surface area contributed by atoms with E-state index in [1.165, 1.54) is 0 Å². The summed E-state index contributed by atoms with van der Waals surface area (Å²) in [6.07, 6.45) is 2.50. The number of hydrogen-bond acceptors (Lipinski definition) is 4. The Kier molecular flexibility index (Phi) is 4.84. The van der Waals surface area contributed by atoms with Crippen molar-refractivity contribution in [1.29, 1.82) is 0 Å².